The van der Waals surface area contributed by atoms with Crippen molar-refractivity contribution in [2.45, 2.75) is 4.83 Å². The molecule has 0 N–H and O–H groups in total. The Labute approximate surface area is 137 Å². The van der Waals surface area contributed by atoms with Crippen molar-refractivity contribution in [2.24, 2.45) is 0 Å². The maximum atomic E-state index is 3.76. The predicted molar refractivity (Wildman–Crippen MR) is 89.6 cm³/mol. The molecule has 0 saturated carbocycles. The van der Waals surface area contributed by atoms with Crippen molar-refractivity contribution in [1.82, 2.24) is 0 Å². The van der Waals surface area contributed by atoms with Gasteiger partial charge in [0.15, 0.2) is 0 Å². The zero-order chi connectivity index (χ0) is 11.7. The van der Waals surface area contributed by atoms with Crippen LogP contribution in [0.25, 0.3) is 0 Å². The quantitative estimate of drug-likeness (QED) is 0.309. The Morgan fingerprint density at radius 3 is 2.56 bits per heavy atom. The summed E-state index contributed by atoms with van der Waals surface area (Å²) in [4.78, 5) is 1.54. The first-order valence-electron chi connectivity index (χ1n) is 4.41. The summed E-state index contributed by atoms with van der Waals surface area (Å²) < 4.78 is 3.54. The maximum Gasteiger partial charge on any atom is 0.0759 e. The summed E-state index contributed by atoms with van der Waals surface area (Å²) in [5.41, 5.74) is 1.29. The first-order chi connectivity index (χ1) is 7.59. The topological polar surface area (TPSA) is 0 Å². The third-order valence-corrected chi connectivity index (χ3v) is 6.77. The molecule has 0 aliphatic rings. The average Bonchev–Trinajstić information content (AvgIpc) is 2.67. The van der Waals surface area contributed by atoms with Crippen LogP contribution in [0.1, 0.15) is 15.3 Å². The molecule has 16 heavy (non-hydrogen) atoms. The van der Waals surface area contributed by atoms with Crippen molar-refractivity contribution < 1.29 is 0 Å². The number of rotatable bonds is 2. The Hall–Kier alpha value is 1.09. The molecule has 0 aliphatic carbocycles. The molecule has 1 aromatic heterocycles. The van der Waals surface area contributed by atoms with E-state index in [4.69, 9.17) is 0 Å². The SMILES string of the molecule is Brc1ccc(I)c(C(Br)c2sccc2Br)c1. The van der Waals surface area contributed by atoms with Crippen LogP contribution in [0.2, 0.25) is 0 Å². The van der Waals surface area contributed by atoms with Crippen LogP contribution in [-0.2, 0) is 0 Å². The smallest absolute Gasteiger partial charge is 0.0759 e. The largest absolute Gasteiger partial charge is 0.146 e. The van der Waals surface area contributed by atoms with Gasteiger partial charge < -0.3 is 0 Å². The Morgan fingerprint density at radius 2 is 1.94 bits per heavy atom. The van der Waals surface area contributed by atoms with Crippen molar-refractivity contribution in [3.8, 4) is 0 Å². The lowest BCUT2D eigenvalue weighted by molar-refractivity contribution is 1.19. The summed E-state index contributed by atoms with van der Waals surface area (Å²) in [7, 11) is 0. The van der Waals surface area contributed by atoms with Crippen molar-refractivity contribution in [3.05, 3.63) is 52.6 Å². The summed E-state index contributed by atoms with van der Waals surface area (Å²) in [6.45, 7) is 0. The molecule has 0 aliphatic heterocycles. The zero-order valence-corrected chi connectivity index (χ0v) is 15.6. The first kappa shape index (κ1) is 13.5. The van der Waals surface area contributed by atoms with Crippen molar-refractivity contribution in [1.29, 1.82) is 0 Å². The number of benzene rings is 1. The lowest BCUT2D eigenvalue weighted by atomic mass is 10.1. The number of hydrogen-bond acceptors (Lipinski definition) is 1. The molecule has 0 amide bonds. The molecule has 0 bridgehead atoms. The van der Waals surface area contributed by atoms with E-state index in [1.165, 1.54) is 14.0 Å². The predicted octanol–water partition coefficient (Wildman–Crippen LogP) is 6.36. The van der Waals surface area contributed by atoms with Crippen LogP contribution in [-0.4, -0.2) is 0 Å². The molecule has 1 atom stereocenters. The third-order valence-electron chi connectivity index (χ3n) is 2.11. The van der Waals surface area contributed by atoms with E-state index in [1.807, 2.05) is 0 Å². The van der Waals surface area contributed by atoms with Gasteiger partial charge in [0.1, 0.15) is 0 Å². The molecule has 2 rings (SSSR count). The van der Waals surface area contributed by atoms with Gasteiger partial charge in [-0.15, -0.1) is 11.3 Å². The summed E-state index contributed by atoms with van der Waals surface area (Å²) in [5, 5.41) is 2.10. The molecule has 84 valence electrons. The van der Waals surface area contributed by atoms with Crippen molar-refractivity contribution in [3.63, 3.8) is 0 Å². The van der Waals surface area contributed by atoms with Crippen molar-refractivity contribution >= 4 is 81.7 Å². The number of hydrogen-bond donors (Lipinski definition) is 0. The van der Waals surface area contributed by atoms with Gasteiger partial charge >= 0.3 is 0 Å². The van der Waals surface area contributed by atoms with Gasteiger partial charge in [0, 0.05) is 17.4 Å². The van der Waals surface area contributed by atoms with E-state index in [1.54, 1.807) is 11.3 Å². The van der Waals surface area contributed by atoms with Crippen LogP contribution < -0.4 is 0 Å². The standard InChI is InChI=1S/C11H6Br3IS/c12-6-1-2-9(15)7(5-6)10(14)11-8(13)3-4-16-11/h1-5,10H. The summed E-state index contributed by atoms with van der Waals surface area (Å²) >= 11 is 15.0. The average molecular weight is 537 g/mol. The minimum Gasteiger partial charge on any atom is -0.146 e. The molecule has 0 spiro atoms. The fourth-order valence-electron chi connectivity index (χ4n) is 1.34. The second-order valence-corrected chi connectivity index (χ2v) is 7.96. The first-order valence-corrected chi connectivity index (χ1v) is 8.87. The van der Waals surface area contributed by atoms with Gasteiger partial charge in [-0.05, 0) is 73.7 Å². The molecule has 0 saturated heterocycles. The highest BCUT2D eigenvalue weighted by atomic mass is 127. The van der Waals surface area contributed by atoms with Gasteiger partial charge in [-0.3, -0.25) is 0 Å². The monoisotopic (exact) mass is 534 g/mol. The van der Waals surface area contributed by atoms with Crippen LogP contribution in [0.3, 0.4) is 0 Å². The highest BCUT2D eigenvalue weighted by Crippen LogP contribution is 2.41. The van der Waals surface area contributed by atoms with E-state index < -0.39 is 0 Å². The summed E-state index contributed by atoms with van der Waals surface area (Å²) in [6.07, 6.45) is 0. The Kier molecular flexibility index (Phi) is 4.92. The molecule has 0 radical (unpaired) electrons. The van der Waals surface area contributed by atoms with Crippen LogP contribution in [0.15, 0.2) is 38.6 Å². The Morgan fingerprint density at radius 1 is 1.19 bits per heavy atom. The molecule has 5 heteroatoms. The van der Waals surface area contributed by atoms with Crippen LogP contribution in [0.4, 0.5) is 0 Å². The highest BCUT2D eigenvalue weighted by Gasteiger charge is 2.17. The van der Waals surface area contributed by atoms with Gasteiger partial charge in [0.25, 0.3) is 0 Å². The van der Waals surface area contributed by atoms with E-state index in [-0.39, 0.29) is 4.83 Å². The van der Waals surface area contributed by atoms with E-state index >= 15 is 0 Å². The van der Waals surface area contributed by atoms with E-state index in [0.717, 1.165) is 8.95 Å². The van der Waals surface area contributed by atoms with E-state index in [0.29, 0.717) is 0 Å². The van der Waals surface area contributed by atoms with Crippen molar-refractivity contribution in [2.75, 3.05) is 0 Å². The number of thiophene rings is 1. The summed E-state index contributed by atoms with van der Waals surface area (Å²) in [5.74, 6) is 0. The second-order valence-electron chi connectivity index (χ2n) is 3.16. The van der Waals surface area contributed by atoms with Gasteiger partial charge in [-0.2, -0.15) is 0 Å². The van der Waals surface area contributed by atoms with Gasteiger partial charge in [-0.25, -0.2) is 0 Å². The van der Waals surface area contributed by atoms with Crippen LogP contribution >= 0.6 is 81.7 Å². The molecule has 0 nitrogen and oxygen atoms in total. The van der Waals surface area contributed by atoms with Crippen LogP contribution in [0.5, 0.6) is 0 Å². The lowest BCUT2D eigenvalue weighted by Gasteiger charge is -2.12. The van der Waals surface area contributed by atoms with Gasteiger partial charge in [0.05, 0.1) is 4.83 Å². The second kappa shape index (κ2) is 5.82. The molecular formula is C11H6Br3IS. The number of alkyl halides is 1. The highest BCUT2D eigenvalue weighted by molar-refractivity contribution is 14.1. The number of halogens is 4. The molecule has 1 heterocycles. The summed E-state index contributed by atoms with van der Waals surface area (Å²) in [6, 6.07) is 8.43. The minimum absolute atomic E-state index is 0.242. The molecule has 1 unspecified atom stereocenters. The van der Waals surface area contributed by atoms with Gasteiger partial charge in [0.2, 0.25) is 0 Å². The van der Waals surface area contributed by atoms with E-state index in [9.17, 15) is 0 Å². The van der Waals surface area contributed by atoms with Crippen LogP contribution in [0, 0.1) is 3.57 Å². The van der Waals surface area contributed by atoms with E-state index in [2.05, 4.69) is 100 Å². The normalized spacial score (nSPS) is 12.8. The zero-order valence-electron chi connectivity index (χ0n) is 7.88. The van der Waals surface area contributed by atoms with Gasteiger partial charge in [-0.1, -0.05) is 31.9 Å². The Bertz CT molecular complexity index is 510. The third kappa shape index (κ3) is 2.91. The fraction of sp³-hybridized carbons (Fsp3) is 0.0909. The molecule has 2 aromatic rings. The minimum atomic E-state index is 0.242. The molecular weight excluding hydrogens is 531 g/mol. The molecule has 0 fully saturated rings. The Balaban J connectivity index is 2.45. The fourth-order valence-corrected chi connectivity index (χ4v) is 5.64. The lowest BCUT2D eigenvalue weighted by Crippen LogP contribution is -1.94. The molecule has 1 aromatic carbocycles. The maximum absolute atomic E-state index is 3.76.